The van der Waals surface area contributed by atoms with Crippen LogP contribution >= 0.6 is 0 Å². The van der Waals surface area contributed by atoms with Gasteiger partial charge in [-0.05, 0) is 43.3 Å². The van der Waals surface area contributed by atoms with Gasteiger partial charge in [0.05, 0.1) is 17.9 Å². The third kappa shape index (κ3) is 4.39. The minimum Gasteiger partial charge on any atom is -0.340 e. The number of carbonyl (C=O) groups is 2. The smallest absolute Gasteiger partial charge is 0.291 e. The zero-order valence-corrected chi connectivity index (χ0v) is 14.8. The number of amides is 2. The third-order valence-corrected chi connectivity index (χ3v) is 3.76. The second-order valence-corrected chi connectivity index (χ2v) is 5.82. The average Bonchev–Trinajstić information content (AvgIpc) is 3.09. The van der Waals surface area contributed by atoms with E-state index in [1.807, 2.05) is 5.32 Å². The molecule has 3 rings (SSSR count). The van der Waals surface area contributed by atoms with Crippen LogP contribution in [0.2, 0.25) is 0 Å². The van der Waals surface area contributed by atoms with Crippen molar-refractivity contribution in [3.8, 4) is 5.69 Å². The maximum Gasteiger partial charge on any atom is 0.291 e. The molecule has 150 valence electrons. The molecule has 2 N–H and O–H groups in total. The number of aryl methyl sites for hydroxylation is 1. The largest absolute Gasteiger partial charge is 0.340 e. The van der Waals surface area contributed by atoms with Crippen molar-refractivity contribution in [1.82, 2.24) is 20.1 Å². The van der Waals surface area contributed by atoms with Crippen LogP contribution in [0, 0.1) is 30.2 Å². The van der Waals surface area contributed by atoms with Crippen molar-refractivity contribution in [3.05, 3.63) is 71.3 Å². The number of aromatic nitrogens is 3. The van der Waals surface area contributed by atoms with Crippen molar-refractivity contribution in [2.45, 2.75) is 6.92 Å². The second-order valence-electron chi connectivity index (χ2n) is 5.82. The lowest BCUT2D eigenvalue weighted by Gasteiger charge is -2.07. The summed E-state index contributed by atoms with van der Waals surface area (Å²) in [5, 5.41) is 8.24. The van der Waals surface area contributed by atoms with E-state index in [1.54, 1.807) is 6.92 Å². The summed E-state index contributed by atoms with van der Waals surface area (Å²) < 4.78 is 54.0. The van der Waals surface area contributed by atoms with E-state index in [2.05, 4.69) is 15.4 Å². The van der Waals surface area contributed by atoms with E-state index in [9.17, 15) is 27.2 Å². The molecule has 0 spiro atoms. The zero-order valence-electron chi connectivity index (χ0n) is 14.8. The van der Waals surface area contributed by atoms with E-state index in [-0.39, 0.29) is 5.82 Å². The van der Waals surface area contributed by atoms with Crippen LogP contribution < -0.4 is 10.6 Å². The van der Waals surface area contributed by atoms with Crippen LogP contribution in [0.15, 0.2) is 36.4 Å². The molecule has 0 fully saturated rings. The molecule has 0 aliphatic rings. The first-order chi connectivity index (χ1) is 13.8. The lowest BCUT2D eigenvalue weighted by molar-refractivity contribution is -0.115. The predicted octanol–water partition coefficient (Wildman–Crippen LogP) is 2.50. The SMILES string of the molecule is Cc1nc(C(=O)NCC(=O)Nc2ccc(F)c(F)c2F)nn1-c1ccc(F)cc1. The number of nitrogens with one attached hydrogen (secondary N) is 2. The van der Waals surface area contributed by atoms with Gasteiger partial charge in [0.1, 0.15) is 11.6 Å². The summed E-state index contributed by atoms with van der Waals surface area (Å²) in [6, 6.07) is 6.84. The van der Waals surface area contributed by atoms with Gasteiger partial charge in [0.2, 0.25) is 11.7 Å². The van der Waals surface area contributed by atoms with Gasteiger partial charge in [-0.2, -0.15) is 0 Å². The summed E-state index contributed by atoms with van der Waals surface area (Å²) in [7, 11) is 0. The van der Waals surface area contributed by atoms with Gasteiger partial charge in [0.25, 0.3) is 5.91 Å². The fourth-order valence-corrected chi connectivity index (χ4v) is 2.37. The molecule has 11 heteroatoms. The number of anilines is 1. The molecule has 0 saturated heterocycles. The first-order valence-corrected chi connectivity index (χ1v) is 8.17. The fraction of sp³-hybridized carbons (Fsp3) is 0.111. The highest BCUT2D eigenvalue weighted by atomic mass is 19.2. The van der Waals surface area contributed by atoms with Crippen LogP contribution in [0.1, 0.15) is 16.4 Å². The van der Waals surface area contributed by atoms with Crippen LogP contribution in [-0.4, -0.2) is 33.1 Å². The van der Waals surface area contributed by atoms with Crippen LogP contribution in [0.3, 0.4) is 0 Å². The lowest BCUT2D eigenvalue weighted by Crippen LogP contribution is -2.33. The molecule has 0 radical (unpaired) electrons. The molecule has 0 unspecified atom stereocenters. The molecule has 0 aliphatic heterocycles. The van der Waals surface area contributed by atoms with Gasteiger partial charge in [-0.1, -0.05) is 0 Å². The molecule has 2 amide bonds. The lowest BCUT2D eigenvalue weighted by atomic mass is 10.2. The average molecular weight is 407 g/mol. The minimum absolute atomic E-state index is 0.251. The molecule has 3 aromatic rings. The van der Waals surface area contributed by atoms with E-state index >= 15 is 0 Å². The summed E-state index contributed by atoms with van der Waals surface area (Å²) in [6.07, 6.45) is 0. The first-order valence-electron chi connectivity index (χ1n) is 8.17. The van der Waals surface area contributed by atoms with Crippen molar-refractivity contribution in [1.29, 1.82) is 0 Å². The van der Waals surface area contributed by atoms with Gasteiger partial charge in [-0.15, -0.1) is 5.10 Å². The van der Waals surface area contributed by atoms with E-state index in [0.717, 1.165) is 6.07 Å². The van der Waals surface area contributed by atoms with Crippen molar-refractivity contribution < 1.29 is 27.2 Å². The molecule has 7 nitrogen and oxygen atoms in total. The third-order valence-electron chi connectivity index (χ3n) is 3.76. The van der Waals surface area contributed by atoms with Crippen molar-refractivity contribution >= 4 is 17.5 Å². The Hall–Kier alpha value is -3.76. The predicted molar refractivity (Wildman–Crippen MR) is 93.3 cm³/mol. The van der Waals surface area contributed by atoms with Crippen molar-refractivity contribution in [2.24, 2.45) is 0 Å². The van der Waals surface area contributed by atoms with E-state index < -0.39 is 47.3 Å². The van der Waals surface area contributed by atoms with Crippen molar-refractivity contribution in [3.63, 3.8) is 0 Å². The Labute approximate surface area is 161 Å². The Morgan fingerprint density at radius 1 is 1.00 bits per heavy atom. The Bertz CT molecular complexity index is 1080. The highest BCUT2D eigenvalue weighted by molar-refractivity contribution is 5.97. The van der Waals surface area contributed by atoms with E-state index in [1.165, 1.54) is 28.9 Å². The Morgan fingerprint density at radius 3 is 2.38 bits per heavy atom. The summed E-state index contributed by atoms with van der Waals surface area (Å²) in [6.45, 7) is 0.979. The maximum atomic E-state index is 13.6. The fourth-order valence-electron chi connectivity index (χ4n) is 2.37. The number of nitrogens with zero attached hydrogens (tertiary/aromatic N) is 3. The topological polar surface area (TPSA) is 88.9 Å². The van der Waals surface area contributed by atoms with Gasteiger partial charge in [0, 0.05) is 0 Å². The van der Waals surface area contributed by atoms with E-state index in [0.29, 0.717) is 17.6 Å². The Balaban J connectivity index is 1.64. The molecule has 1 heterocycles. The highest BCUT2D eigenvalue weighted by Crippen LogP contribution is 2.19. The standard InChI is InChI=1S/C18H13F4N5O2/c1-9-24-17(26-27(9)11-4-2-10(19)3-5-11)18(29)23-8-14(28)25-13-7-6-12(20)15(21)16(13)22/h2-7H,8H2,1H3,(H,23,29)(H,25,28). The molecule has 0 saturated carbocycles. The second kappa shape index (κ2) is 8.09. The molecule has 0 atom stereocenters. The van der Waals surface area contributed by atoms with Gasteiger partial charge in [-0.3, -0.25) is 9.59 Å². The number of halogens is 4. The van der Waals surface area contributed by atoms with Crippen LogP contribution in [0.5, 0.6) is 0 Å². The number of hydrogen-bond donors (Lipinski definition) is 2. The van der Waals surface area contributed by atoms with Gasteiger partial charge in [-0.25, -0.2) is 27.2 Å². The quantitative estimate of drug-likeness (QED) is 0.503. The first kappa shape index (κ1) is 20.0. The normalized spacial score (nSPS) is 10.7. The highest BCUT2D eigenvalue weighted by Gasteiger charge is 2.18. The molecular formula is C18H13F4N5O2. The Morgan fingerprint density at radius 2 is 1.69 bits per heavy atom. The van der Waals surface area contributed by atoms with Crippen LogP contribution in [0.25, 0.3) is 5.69 Å². The monoisotopic (exact) mass is 407 g/mol. The van der Waals surface area contributed by atoms with Crippen LogP contribution in [-0.2, 0) is 4.79 Å². The molecule has 0 aliphatic carbocycles. The molecule has 0 bridgehead atoms. The van der Waals surface area contributed by atoms with Gasteiger partial charge >= 0.3 is 0 Å². The number of hydrogen-bond acceptors (Lipinski definition) is 4. The Kier molecular flexibility index (Phi) is 5.57. The molecule has 2 aromatic carbocycles. The molecule has 29 heavy (non-hydrogen) atoms. The summed E-state index contributed by atoms with van der Waals surface area (Å²) in [5.74, 6) is -6.70. The maximum absolute atomic E-state index is 13.6. The van der Waals surface area contributed by atoms with Gasteiger partial charge < -0.3 is 10.6 Å². The summed E-state index contributed by atoms with van der Waals surface area (Å²) in [4.78, 5) is 27.9. The van der Waals surface area contributed by atoms with Gasteiger partial charge in [0.15, 0.2) is 17.5 Å². The minimum atomic E-state index is -1.72. The molecular weight excluding hydrogens is 394 g/mol. The van der Waals surface area contributed by atoms with Crippen LogP contribution in [0.4, 0.5) is 23.2 Å². The number of benzene rings is 2. The van der Waals surface area contributed by atoms with E-state index in [4.69, 9.17) is 0 Å². The zero-order chi connectivity index (χ0) is 21.1. The molecule has 1 aromatic heterocycles. The summed E-state index contributed by atoms with van der Waals surface area (Å²) >= 11 is 0. The summed E-state index contributed by atoms with van der Waals surface area (Å²) in [5.41, 5.74) is -0.0975. The number of carbonyl (C=O) groups excluding carboxylic acids is 2. The van der Waals surface area contributed by atoms with Crippen molar-refractivity contribution in [2.75, 3.05) is 11.9 Å². The number of rotatable bonds is 5.